The van der Waals surface area contributed by atoms with E-state index in [9.17, 15) is 37.5 Å². The molecule has 3 N–H and O–H groups in total. The van der Waals surface area contributed by atoms with Gasteiger partial charge in [0.25, 0.3) is 12.3 Å². The van der Waals surface area contributed by atoms with Gasteiger partial charge in [0.2, 0.25) is 17.7 Å². The molecule has 75 heavy (non-hydrogen) atoms. The van der Waals surface area contributed by atoms with E-state index in [0.29, 0.717) is 65.8 Å². The van der Waals surface area contributed by atoms with E-state index in [0.717, 1.165) is 24.7 Å². The Morgan fingerprint density at radius 2 is 1.63 bits per heavy atom. The van der Waals surface area contributed by atoms with Crippen molar-refractivity contribution in [3.8, 4) is 17.1 Å². The number of oxazole rings is 1. The van der Waals surface area contributed by atoms with Gasteiger partial charge in [-0.15, -0.1) is 0 Å². The van der Waals surface area contributed by atoms with Crippen molar-refractivity contribution in [1.29, 1.82) is 0 Å². The summed E-state index contributed by atoms with van der Waals surface area (Å²) < 4.78 is 55.7. The van der Waals surface area contributed by atoms with Crippen LogP contribution >= 0.6 is 0 Å². The Hall–Kier alpha value is -7.79. The third-order valence-electron chi connectivity index (χ3n) is 12.1. The zero-order valence-electron chi connectivity index (χ0n) is 42.9. The summed E-state index contributed by atoms with van der Waals surface area (Å²) in [7, 11) is 1.64. The summed E-state index contributed by atoms with van der Waals surface area (Å²) in [6.45, 7) is 12.8. The van der Waals surface area contributed by atoms with E-state index in [-0.39, 0.29) is 61.4 Å². The summed E-state index contributed by atoms with van der Waals surface area (Å²) >= 11 is 0. The lowest BCUT2D eigenvalue weighted by Crippen LogP contribution is -2.44. The molecule has 1 saturated carbocycles. The smallest absolute Gasteiger partial charge is 0.416 e. The number of imide groups is 1. The number of benzene rings is 2. The van der Waals surface area contributed by atoms with Gasteiger partial charge >= 0.3 is 17.9 Å². The zero-order valence-corrected chi connectivity index (χ0v) is 42.9. The molecule has 21 nitrogen and oxygen atoms in total. The lowest BCUT2D eigenvalue weighted by atomic mass is 10.1. The van der Waals surface area contributed by atoms with Crippen LogP contribution in [0.4, 0.5) is 29.9 Å². The molecule has 2 fully saturated rings. The Labute approximate surface area is 430 Å². The monoisotopic (exact) mass is 1040 g/mol. The molecule has 1 aliphatic heterocycles. The SMILES string of the molecule is Cn1c(=O)n(C2CCC(=O)NC2=O)c2ccc(CNCCOCCN(Cc3ccc(-n4cc(NC(=O)c5coc(-c6ccnc(N(CC7CC7)C(=O)OC(C)(C)C)c6)n5)c(C(F)F)n4)cc3)C(=O)OC(C)(C)C)cc21. The molecule has 0 bridgehead atoms. The van der Waals surface area contributed by atoms with E-state index in [1.807, 2.05) is 12.1 Å². The zero-order chi connectivity index (χ0) is 53.8. The Morgan fingerprint density at radius 1 is 0.907 bits per heavy atom. The molecule has 8 rings (SSSR count). The predicted molar refractivity (Wildman–Crippen MR) is 270 cm³/mol. The van der Waals surface area contributed by atoms with Gasteiger partial charge in [-0.1, -0.05) is 18.2 Å². The van der Waals surface area contributed by atoms with E-state index in [1.54, 1.807) is 91.1 Å². The van der Waals surface area contributed by atoms with E-state index >= 15 is 0 Å². The summed E-state index contributed by atoms with van der Waals surface area (Å²) in [6, 6.07) is 14.7. The maximum atomic E-state index is 14.4. The first kappa shape index (κ1) is 53.5. The Kier molecular flexibility index (Phi) is 16.0. The molecule has 1 aliphatic carbocycles. The molecule has 0 radical (unpaired) electrons. The lowest BCUT2D eigenvalue weighted by molar-refractivity contribution is -0.135. The van der Waals surface area contributed by atoms with Gasteiger partial charge in [-0.3, -0.25) is 33.7 Å². The Bertz CT molecular complexity index is 3130. The second kappa shape index (κ2) is 22.4. The first-order valence-corrected chi connectivity index (χ1v) is 24.6. The van der Waals surface area contributed by atoms with E-state index in [2.05, 4.69) is 31.0 Å². The minimum absolute atomic E-state index is 0.0394. The third-order valence-corrected chi connectivity index (χ3v) is 12.1. The number of carbonyl (C=O) groups excluding carboxylic acids is 5. The Balaban J connectivity index is 0.855. The number of piperidine rings is 1. The van der Waals surface area contributed by atoms with E-state index < -0.39 is 53.4 Å². The van der Waals surface area contributed by atoms with E-state index in [1.165, 1.54) is 36.0 Å². The molecule has 1 saturated heterocycles. The molecule has 0 spiro atoms. The fourth-order valence-electron chi connectivity index (χ4n) is 8.25. The molecule has 5 amide bonds. The number of aromatic nitrogens is 6. The van der Waals surface area contributed by atoms with Crippen LogP contribution in [0.2, 0.25) is 0 Å². The van der Waals surface area contributed by atoms with Crippen molar-refractivity contribution in [2.45, 2.75) is 104 Å². The van der Waals surface area contributed by atoms with Gasteiger partial charge in [0.05, 0.1) is 41.8 Å². The summed E-state index contributed by atoms with van der Waals surface area (Å²) in [5, 5.41) is 12.2. The summed E-state index contributed by atoms with van der Waals surface area (Å²) in [5.41, 5.74) is 0.715. The topological polar surface area (TPSA) is 239 Å². The van der Waals surface area contributed by atoms with Gasteiger partial charge in [-0.25, -0.2) is 37.8 Å². The summed E-state index contributed by atoms with van der Waals surface area (Å²) in [4.78, 5) is 89.0. The number of anilines is 2. The van der Waals surface area contributed by atoms with Gasteiger partial charge in [-0.05, 0) is 114 Å². The van der Waals surface area contributed by atoms with Crippen molar-refractivity contribution in [2.24, 2.45) is 13.0 Å². The van der Waals surface area contributed by atoms with Crippen molar-refractivity contribution in [1.82, 2.24) is 44.4 Å². The van der Waals surface area contributed by atoms with Crippen LogP contribution < -0.4 is 26.5 Å². The minimum Gasteiger partial charge on any atom is -0.444 e. The number of rotatable bonds is 19. The lowest BCUT2D eigenvalue weighted by Gasteiger charge is -2.27. The van der Waals surface area contributed by atoms with Gasteiger partial charge < -0.3 is 34.2 Å². The maximum absolute atomic E-state index is 14.4. The summed E-state index contributed by atoms with van der Waals surface area (Å²) in [5.74, 6) is -0.995. The van der Waals surface area contributed by atoms with Crippen LogP contribution in [-0.4, -0.2) is 108 Å². The number of hydrogen-bond donors (Lipinski definition) is 3. The molecular weight excluding hydrogens is 977 g/mol. The van der Waals surface area contributed by atoms with Crippen molar-refractivity contribution in [3.63, 3.8) is 0 Å². The molecule has 1 atom stereocenters. The van der Waals surface area contributed by atoms with Gasteiger partial charge in [-0.2, -0.15) is 5.10 Å². The highest BCUT2D eigenvalue weighted by molar-refractivity contribution is 6.03. The number of aryl methyl sites for hydroxylation is 1. The van der Waals surface area contributed by atoms with Crippen LogP contribution in [0.25, 0.3) is 28.2 Å². The number of nitrogens with zero attached hydrogens (tertiary/aromatic N) is 8. The van der Waals surface area contributed by atoms with E-state index in [4.69, 9.17) is 18.6 Å². The average molecular weight is 1040 g/mol. The van der Waals surface area contributed by atoms with Crippen LogP contribution in [0.5, 0.6) is 0 Å². The highest BCUT2D eigenvalue weighted by Gasteiger charge is 2.33. The van der Waals surface area contributed by atoms with Crippen molar-refractivity contribution in [2.75, 3.05) is 43.1 Å². The van der Waals surface area contributed by atoms with Gasteiger partial charge in [0.1, 0.15) is 29.3 Å². The van der Waals surface area contributed by atoms with Crippen LogP contribution in [0, 0.1) is 5.92 Å². The van der Waals surface area contributed by atoms with Crippen LogP contribution in [0.1, 0.15) is 107 Å². The van der Waals surface area contributed by atoms with Crippen molar-refractivity contribution in [3.05, 3.63) is 106 Å². The number of imidazole rings is 1. The number of ether oxygens (including phenoxy) is 3. The normalized spacial score (nSPS) is 15.0. The molecule has 4 aromatic heterocycles. The number of nitrogens with one attached hydrogen (secondary N) is 3. The number of carbonyl (C=O) groups is 5. The quantitative estimate of drug-likeness (QED) is 0.0528. The second-order valence-corrected chi connectivity index (χ2v) is 20.5. The third kappa shape index (κ3) is 13.5. The molecule has 1 unspecified atom stereocenters. The minimum atomic E-state index is -3.05. The summed E-state index contributed by atoms with van der Waals surface area (Å²) in [6.07, 6.45) is 2.06. The largest absolute Gasteiger partial charge is 0.444 e. The number of alkyl halides is 2. The molecular formula is C52H61F2N11O10. The number of fused-ring (bicyclic) bond motifs is 1. The van der Waals surface area contributed by atoms with Crippen molar-refractivity contribution < 1.29 is 51.4 Å². The second-order valence-electron chi connectivity index (χ2n) is 20.5. The molecule has 398 valence electrons. The first-order valence-electron chi connectivity index (χ1n) is 24.6. The average Bonchev–Trinajstić information content (AvgIpc) is 3.74. The highest BCUT2D eigenvalue weighted by Crippen LogP contribution is 2.33. The van der Waals surface area contributed by atoms with Crippen LogP contribution in [0.3, 0.4) is 0 Å². The number of pyridine rings is 1. The maximum Gasteiger partial charge on any atom is 0.416 e. The highest BCUT2D eigenvalue weighted by atomic mass is 19.3. The fraction of sp³-hybridized carbons (Fsp3) is 0.442. The predicted octanol–water partition coefficient (Wildman–Crippen LogP) is 7.44. The number of halogens is 2. The molecule has 5 heterocycles. The van der Waals surface area contributed by atoms with Crippen LogP contribution in [0.15, 0.2) is 82.5 Å². The van der Waals surface area contributed by atoms with Crippen molar-refractivity contribution >= 4 is 52.4 Å². The standard InChI is InChI=1S/C52H61F2N11O10/c1-51(2,3)74-49(70)62(21-23-72-22-20-55-26-33-12-15-38-40(24-33)61(7)48(69)65(38)39-16-17-42(66)59-46(39)68)27-31-10-13-35(14-11-31)64-29-36(43(60-64)44(53)54)57-45(67)37-30-73-47(58-37)34-18-19-56-41(25-34)63(28-32-8-9-32)50(71)75-52(4,5)6/h10-15,18-19,24-25,29-30,32,39,44,55H,8-9,16-17,20-23,26-28H2,1-7H3,(H,57,67)(H,59,66,68). The van der Waals surface area contributed by atoms with Crippen LogP contribution in [-0.2, 0) is 43.9 Å². The molecule has 2 aliphatic rings. The number of hydrogen-bond acceptors (Lipinski definition) is 14. The molecule has 6 aromatic rings. The fourth-order valence-corrected chi connectivity index (χ4v) is 8.25. The van der Waals surface area contributed by atoms with Gasteiger partial charge in [0, 0.05) is 58.0 Å². The first-order chi connectivity index (χ1) is 35.6. The molecule has 23 heteroatoms. The Morgan fingerprint density at radius 3 is 2.32 bits per heavy atom. The van der Waals surface area contributed by atoms with Gasteiger partial charge in [0.15, 0.2) is 11.4 Å². The number of amides is 5. The molecule has 2 aromatic carbocycles.